The molecule has 224 valence electrons. The van der Waals surface area contributed by atoms with Gasteiger partial charge in [0.05, 0.1) is 18.1 Å². The van der Waals surface area contributed by atoms with Crippen molar-refractivity contribution in [3.05, 3.63) is 70.8 Å². The molecule has 2 aromatic rings. The van der Waals surface area contributed by atoms with Crippen molar-refractivity contribution in [1.82, 2.24) is 4.90 Å². The summed E-state index contributed by atoms with van der Waals surface area (Å²) in [6.07, 6.45) is 1.04. The van der Waals surface area contributed by atoms with Crippen LogP contribution >= 0.6 is 0 Å². The van der Waals surface area contributed by atoms with Crippen molar-refractivity contribution in [1.29, 1.82) is 5.41 Å². The lowest BCUT2D eigenvalue weighted by Crippen LogP contribution is -2.64. The van der Waals surface area contributed by atoms with Crippen molar-refractivity contribution in [2.24, 2.45) is 11.7 Å². The van der Waals surface area contributed by atoms with Crippen LogP contribution in [0.1, 0.15) is 62.0 Å². The molecule has 0 fully saturated rings. The summed E-state index contributed by atoms with van der Waals surface area (Å²) < 4.78 is 10.3. The quantitative estimate of drug-likeness (QED) is 0.0844. The van der Waals surface area contributed by atoms with Gasteiger partial charge >= 0.3 is 23.9 Å². The van der Waals surface area contributed by atoms with Crippen molar-refractivity contribution in [2.45, 2.75) is 46.1 Å². The molecule has 0 aliphatic heterocycles. The maximum atomic E-state index is 13.7. The van der Waals surface area contributed by atoms with Gasteiger partial charge in [0.2, 0.25) is 0 Å². The zero-order valence-electron chi connectivity index (χ0n) is 23.9. The molecule has 0 aromatic heterocycles. The number of amides is 1. The third-order valence-corrected chi connectivity index (χ3v) is 6.75. The summed E-state index contributed by atoms with van der Waals surface area (Å²) in [6.45, 7) is 5.12. The number of rotatable bonds is 14. The number of carboxylic acid groups (broad SMARTS) is 2. The van der Waals surface area contributed by atoms with Crippen molar-refractivity contribution >= 4 is 41.7 Å². The van der Waals surface area contributed by atoms with Gasteiger partial charge in [0.25, 0.3) is 5.91 Å². The average molecular weight is 582 g/mol. The molecule has 42 heavy (non-hydrogen) atoms. The fourth-order valence-electron chi connectivity index (χ4n) is 4.60. The van der Waals surface area contributed by atoms with Crippen molar-refractivity contribution in [2.75, 3.05) is 13.2 Å². The molecule has 0 bridgehead atoms. The number of carbonyl (C=O) groups is 5. The van der Waals surface area contributed by atoms with Crippen LogP contribution in [0.2, 0.25) is 0 Å². The van der Waals surface area contributed by atoms with Gasteiger partial charge in [-0.25, -0.2) is 9.59 Å². The summed E-state index contributed by atoms with van der Waals surface area (Å²) in [5.74, 6) is -6.73. The number of ether oxygens (including phenoxy) is 2. The first kappa shape index (κ1) is 33.2. The van der Waals surface area contributed by atoms with Gasteiger partial charge in [-0.1, -0.05) is 26.0 Å². The van der Waals surface area contributed by atoms with Gasteiger partial charge in [-0.15, -0.1) is 0 Å². The first-order valence-corrected chi connectivity index (χ1v) is 13.2. The molecule has 0 aliphatic carbocycles. The Bertz CT molecular complexity index is 1370. The zero-order valence-corrected chi connectivity index (χ0v) is 23.9. The number of amidine groups is 1. The molecule has 5 N–H and O–H groups in total. The summed E-state index contributed by atoms with van der Waals surface area (Å²) >= 11 is 0. The summed E-state index contributed by atoms with van der Waals surface area (Å²) in [6, 6.07) is 12.1. The number of nitrogen functional groups attached to an aromatic ring is 1. The molecular formula is C30H35N3O9. The van der Waals surface area contributed by atoms with E-state index < -0.39 is 47.8 Å². The molecule has 2 atom stereocenters. The van der Waals surface area contributed by atoms with Crippen LogP contribution in [0, 0.1) is 11.3 Å². The standard InChI is InChI=1S/C30H35N3O9/c1-5-23(27(36)37)30(6-2,29(39)40)33(17-24(34)41-7-3)26(35)18(4)16-19-8-10-21(11-9-19)28(38)42-22-14-12-20(13-15-22)25(31)32/h8-16,23H,5-7,17H2,1-4H3,(H3,31,32)(H,36,37)(H,39,40)/t23?,30-/m1/s1. The van der Waals surface area contributed by atoms with Crippen LogP contribution in [0.4, 0.5) is 0 Å². The molecule has 0 heterocycles. The van der Waals surface area contributed by atoms with Crippen molar-refractivity contribution < 1.29 is 43.7 Å². The van der Waals surface area contributed by atoms with E-state index in [4.69, 9.17) is 20.6 Å². The van der Waals surface area contributed by atoms with E-state index in [0.717, 1.165) is 4.90 Å². The van der Waals surface area contributed by atoms with Gasteiger partial charge in [0.15, 0.2) is 5.54 Å². The van der Waals surface area contributed by atoms with E-state index >= 15 is 0 Å². The maximum absolute atomic E-state index is 13.7. The molecule has 2 aromatic carbocycles. The Morgan fingerprint density at radius 2 is 1.55 bits per heavy atom. The Labute approximate surface area is 243 Å². The molecule has 1 unspecified atom stereocenters. The second kappa shape index (κ2) is 14.6. The SMILES string of the molecule is CCOC(=O)CN(C(=O)C(C)=Cc1ccc(C(=O)Oc2ccc(C(=N)N)cc2)cc1)[C@@](CC)(C(=O)O)C(CC)C(=O)O. The van der Waals surface area contributed by atoms with E-state index in [1.807, 2.05) is 0 Å². The highest BCUT2D eigenvalue weighted by atomic mass is 16.5. The maximum Gasteiger partial charge on any atom is 0.343 e. The van der Waals surface area contributed by atoms with Crippen LogP contribution in [-0.2, 0) is 23.9 Å². The van der Waals surface area contributed by atoms with E-state index in [0.29, 0.717) is 11.1 Å². The summed E-state index contributed by atoms with van der Waals surface area (Å²) in [4.78, 5) is 64.2. The van der Waals surface area contributed by atoms with Crippen LogP contribution in [-0.4, -0.2) is 69.4 Å². The van der Waals surface area contributed by atoms with Crippen molar-refractivity contribution in [3.8, 4) is 5.75 Å². The van der Waals surface area contributed by atoms with E-state index in [2.05, 4.69) is 0 Å². The van der Waals surface area contributed by atoms with Gasteiger partial charge in [-0.05, 0) is 74.7 Å². The lowest BCUT2D eigenvalue weighted by molar-refractivity contribution is -0.173. The number of nitrogens with one attached hydrogen (secondary N) is 1. The molecule has 12 heteroatoms. The minimum atomic E-state index is -2.23. The number of carbonyl (C=O) groups excluding carboxylic acids is 3. The summed E-state index contributed by atoms with van der Waals surface area (Å²) in [5.41, 5.74) is 4.38. The lowest BCUT2D eigenvalue weighted by atomic mass is 9.77. The second-order valence-electron chi connectivity index (χ2n) is 9.36. The molecule has 12 nitrogen and oxygen atoms in total. The minimum Gasteiger partial charge on any atom is -0.481 e. The fourth-order valence-corrected chi connectivity index (χ4v) is 4.60. The van der Waals surface area contributed by atoms with Gasteiger partial charge in [0, 0.05) is 11.1 Å². The molecule has 0 spiro atoms. The molecular weight excluding hydrogens is 546 g/mol. The zero-order chi connectivity index (χ0) is 31.6. The molecule has 0 saturated carbocycles. The predicted octanol–water partition coefficient (Wildman–Crippen LogP) is 3.33. The number of hydrogen-bond donors (Lipinski definition) is 4. The van der Waals surface area contributed by atoms with E-state index in [9.17, 15) is 34.2 Å². The second-order valence-corrected chi connectivity index (χ2v) is 9.36. The number of nitrogens with zero attached hydrogens (tertiary/aromatic N) is 1. The minimum absolute atomic E-state index is 0.0173. The van der Waals surface area contributed by atoms with Crippen molar-refractivity contribution in [3.63, 3.8) is 0 Å². The Balaban J connectivity index is 2.39. The number of hydrogen-bond acceptors (Lipinski definition) is 8. The number of nitrogens with two attached hydrogens (primary N) is 1. The topological polar surface area (TPSA) is 197 Å². The number of benzene rings is 2. The molecule has 0 aliphatic rings. The third-order valence-electron chi connectivity index (χ3n) is 6.75. The van der Waals surface area contributed by atoms with Gasteiger partial charge < -0.3 is 30.3 Å². The number of carboxylic acids is 2. The fraction of sp³-hybridized carbons (Fsp3) is 0.333. The highest BCUT2D eigenvalue weighted by Crippen LogP contribution is 2.34. The average Bonchev–Trinajstić information content (AvgIpc) is 2.94. The molecule has 2 rings (SSSR count). The van der Waals surface area contributed by atoms with Crippen LogP contribution in [0.25, 0.3) is 6.08 Å². The number of aliphatic carboxylic acids is 2. The summed E-state index contributed by atoms with van der Waals surface area (Å²) in [5, 5.41) is 27.5. The first-order chi connectivity index (χ1) is 19.8. The van der Waals surface area contributed by atoms with E-state index in [1.54, 1.807) is 19.1 Å². The Morgan fingerprint density at radius 3 is 2.00 bits per heavy atom. The first-order valence-electron chi connectivity index (χ1n) is 13.2. The predicted molar refractivity (Wildman–Crippen MR) is 153 cm³/mol. The normalized spacial score (nSPS) is 13.3. The van der Waals surface area contributed by atoms with E-state index in [-0.39, 0.29) is 42.2 Å². The van der Waals surface area contributed by atoms with Crippen LogP contribution in [0.5, 0.6) is 5.75 Å². The summed E-state index contributed by atoms with van der Waals surface area (Å²) in [7, 11) is 0. The van der Waals surface area contributed by atoms with Gasteiger partial charge in [0.1, 0.15) is 18.1 Å². The highest BCUT2D eigenvalue weighted by Gasteiger charge is 2.54. The number of esters is 2. The smallest absolute Gasteiger partial charge is 0.343 e. The third kappa shape index (κ3) is 7.59. The largest absolute Gasteiger partial charge is 0.481 e. The monoisotopic (exact) mass is 581 g/mol. The Morgan fingerprint density at radius 1 is 0.976 bits per heavy atom. The highest BCUT2D eigenvalue weighted by molar-refractivity contribution is 6.03. The molecule has 1 amide bonds. The lowest BCUT2D eigenvalue weighted by Gasteiger charge is -2.43. The van der Waals surface area contributed by atoms with Crippen LogP contribution in [0.3, 0.4) is 0 Å². The molecule has 0 saturated heterocycles. The Hall–Kier alpha value is -5.00. The molecule has 0 radical (unpaired) electrons. The van der Waals surface area contributed by atoms with Gasteiger partial charge in [-0.2, -0.15) is 0 Å². The van der Waals surface area contributed by atoms with Crippen LogP contribution in [0.15, 0.2) is 54.1 Å². The Kier molecular flexibility index (Phi) is 11.5. The van der Waals surface area contributed by atoms with Gasteiger partial charge in [-0.3, -0.25) is 19.8 Å². The van der Waals surface area contributed by atoms with E-state index in [1.165, 1.54) is 63.2 Å². The van der Waals surface area contributed by atoms with Crippen LogP contribution < -0.4 is 10.5 Å².